The average molecular weight is 331 g/mol. The van der Waals surface area contributed by atoms with Crippen LogP contribution in [0.4, 0.5) is 5.82 Å². The zero-order valence-electron chi connectivity index (χ0n) is 13.2. The second kappa shape index (κ2) is 6.68. The molecule has 1 aliphatic rings. The van der Waals surface area contributed by atoms with Crippen molar-refractivity contribution in [1.29, 1.82) is 0 Å². The van der Waals surface area contributed by atoms with Crippen molar-refractivity contribution in [2.45, 2.75) is 31.2 Å². The van der Waals surface area contributed by atoms with Crippen LogP contribution in [0, 0.1) is 6.92 Å². The molecule has 0 spiro atoms. The smallest absolute Gasteiger partial charge is 0.244 e. The van der Waals surface area contributed by atoms with Crippen molar-refractivity contribution >= 4 is 15.8 Å². The Kier molecular flexibility index (Phi) is 4.63. The minimum Gasteiger partial charge on any atom is -0.366 e. The number of benzene rings is 1. The molecule has 0 aliphatic carbocycles. The summed E-state index contributed by atoms with van der Waals surface area (Å²) in [5, 5.41) is 3.21. The quantitative estimate of drug-likeness (QED) is 0.915. The van der Waals surface area contributed by atoms with Crippen LogP contribution in [0.1, 0.15) is 24.0 Å². The van der Waals surface area contributed by atoms with Crippen molar-refractivity contribution in [1.82, 2.24) is 9.29 Å². The Morgan fingerprint density at radius 2 is 1.78 bits per heavy atom. The maximum absolute atomic E-state index is 12.4. The highest BCUT2D eigenvalue weighted by atomic mass is 32.2. The number of aromatic nitrogens is 1. The van der Waals surface area contributed by atoms with Crippen molar-refractivity contribution in [3.8, 4) is 0 Å². The summed E-state index contributed by atoms with van der Waals surface area (Å²) in [6.45, 7) is 3.93. The Bertz CT molecular complexity index is 749. The summed E-state index contributed by atoms with van der Waals surface area (Å²) in [7, 11) is -3.38. The highest BCUT2D eigenvalue weighted by Crippen LogP contribution is 2.21. The highest BCUT2D eigenvalue weighted by Gasteiger charge is 2.27. The van der Waals surface area contributed by atoms with Gasteiger partial charge < -0.3 is 5.32 Å². The van der Waals surface area contributed by atoms with Crippen LogP contribution in [-0.4, -0.2) is 30.8 Å². The number of aryl methyl sites for hydroxylation is 1. The molecule has 1 aromatic carbocycles. The molecule has 5 nitrogen and oxygen atoms in total. The van der Waals surface area contributed by atoms with Crippen LogP contribution in [0.5, 0.6) is 0 Å². The topological polar surface area (TPSA) is 62.3 Å². The molecule has 2 heterocycles. The van der Waals surface area contributed by atoms with Gasteiger partial charge >= 0.3 is 0 Å². The Hall–Kier alpha value is -1.92. The van der Waals surface area contributed by atoms with E-state index in [0.717, 1.165) is 18.4 Å². The molecule has 1 N–H and O–H groups in total. The molecule has 2 aromatic rings. The third-order valence-electron chi connectivity index (χ3n) is 4.03. The number of nitrogens with one attached hydrogen (secondary N) is 1. The van der Waals surface area contributed by atoms with Gasteiger partial charge in [-0.3, -0.25) is 0 Å². The van der Waals surface area contributed by atoms with E-state index in [4.69, 9.17) is 0 Å². The first kappa shape index (κ1) is 16.0. The number of hydrogen-bond acceptors (Lipinski definition) is 4. The van der Waals surface area contributed by atoms with Crippen LogP contribution in [-0.2, 0) is 16.6 Å². The summed E-state index contributed by atoms with van der Waals surface area (Å²) in [4.78, 5) is 4.50. The van der Waals surface area contributed by atoms with E-state index in [-0.39, 0.29) is 4.90 Å². The number of pyridine rings is 1. The maximum atomic E-state index is 12.4. The standard InChI is InChI=1S/C17H21N3O2S/c1-14-4-6-15(7-5-14)12-18-17-9-8-16(13-19-17)23(21,22)20-10-2-3-11-20/h4-9,13H,2-3,10-12H2,1H3,(H,18,19). The Morgan fingerprint density at radius 3 is 2.39 bits per heavy atom. The second-order valence-corrected chi connectivity index (χ2v) is 7.77. The second-order valence-electron chi connectivity index (χ2n) is 5.83. The lowest BCUT2D eigenvalue weighted by Gasteiger charge is -2.15. The molecule has 1 fully saturated rings. The van der Waals surface area contributed by atoms with Gasteiger partial charge in [0.2, 0.25) is 10.0 Å². The Morgan fingerprint density at radius 1 is 1.09 bits per heavy atom. The normalized spacial score (nSPS) is 15.7. The van der Waals surface area contributed by atoms with Crippen LogP contribution in [0.2, 0.25) is 0 Å². The van der Waals surface area contributed by atoms with E-state index in [9.17, 15) is 8.42 Å². The molecular formula is C17H21N3O2S. The van der Waals surface area contributed by atoms with Crippen molar-refractivity contribution in [3.05, 3.63) is 53.7 Å². The molecule has 0 bridgehead atoms. The number of nitrogens with zero attached hydrogens (tertiary/aromatic N) is 2. The molecule has 122 valence electrons. The van der Waals surface area contributed by atoms with Gasteiger partial charge in [0.25, 0.3) is 0 Å². The summed E-state index contributed by atoms with van der Waals surface area (Å²) < 4.78 is 26.4. The van der Waals surface area contributed by atoms with Crippen LogP contribution in [0.15, 0.2) is 47.5 Å². The molecule has 0 radical (unpaired) electrons. The first-order valence-corrected chi connectivity index (χ1v) is 9.25. The molecule has 3 rings (SSSR count). The maximum Gasteiger partial charge on any atom is 0.244 e. The molecule has 1 aromatic heterocycles. The van der Waals surface area contributed by atoms with Gasteiger partial charge in [-0.2, -0.15) is 4.31 Å². The van der Waals surface area contributed by atoms with Crippen LogP contribution in [0.25, 0.3) is 0 Å². The number of rotatable bonds is 5. The third kappa shape index (κ3) is 3.71. The van der Waals surface area contributed by atoms with Crippen LogP contribution >= 0.6 is 0 Å². The minimum absolute atomic E-state index is 0.264. The molecule has 0 saturated carbocycles. The summed E-state index contributed by atoms with van der Waals surface area (Å²) in [5.41, 5.74) is 2.38. The Balaban J connectivity index is 1.66. The lowest BCUT2D eigenvalue weighted by atomic mass is 10.1. The van der Waals surface area contributed by atoms with Crippen molar-refractivity contribution in [2.75, 3.05) is 18.4 Å². The Labute approximate surface area is 137 Å². The first-order valence-electron chi connectivity index (χ1n) is 7.81. The van der Waals surface area contributed by atoms with E-state index >= 15 is 0 Å². The summed E-state index contributed by atoms with van der Waals surface area (Å²) in [6, 6.07) is 11.6. The largest absolute Gasteiger partial charge is 0.366 e. The zero-order chi connectivity index (χ0) is 16.3. The average Bonchev–Trinajstić information content (AvgIpc) is 3.10. The van der Waals surface area contributed by atoms with Crippen LogP contribution in [0.3, 0.4) is 0 Å². The summed E-state index contributed by atoms with van der Waals surface area (Å²) in [5.74, 6) is 0.672. The van der Waals surface area contributed by atoms with E-state index in [0.29, 0.717) is 25.5 Å². The monoisotopic (exact) mass is 331 g/mol. The predicted molar refractivity (Wildman–Crippen MR) is 90.7 cm³/mol. The lowest BCUT2D eigenvalue weighted by molar-refractivity contribution is 0.477. The van der Waals surface area contributed by atoms with Crippen LogP contribution < -0.4 is 5.32 Å². The van der Waals surface area contributed by atoms with Gasteiger partial charge in [0.1, 0.15) is 10.7 Å². The molecule has 1 aliphatic heterocycles. The van der Waals surface area contributed by atoms with Gasteiger partial charge in [-0.1, -0.05) is 29.8 Å². The first-order chi connectivity index (χ1) is 11.1. The SMILES string of the molecule is Cc1ccc(CNc2ccc(S(=O)(=O)N3CCCC3)cn2)cc1. The van der Waals surface area contributed by atoms with E-state index in [1.807, 2.05) is 0 Å². The van der Waals surface area contributed by atoms with E-state index in [1.54, 1.807) is 12.1 Å². The van der Waals surface area contributed by atoms with Gasteiger partial charge in [-0.05, 0) is 37.5 Å². The molecule has 1 saturated heterocycles. The van der Waals surface area contributed by atoms with E-state index in [2.05, 4.69) is 41.5 Å². The molecule has 23 heavy (non-hydrogen) atoms. The predicted octanol–water partition coefficient (Wildman–Crippen LogP) is 2.79. The molecular weight excluding hydrogens is 310 g/mol. The molecule has 6 heteroatoms. The van der Waals surface area contributed by atoms with Gasteiger partial charge in [0.15, 0.2) is 0 Å². The van der Waals surface area contributed by atoms with E-state index < -0.39 is 10.0 Å². The number of hydrogen-bond donors (Lipinski definition) is 1. The van der Waals surface area contributed by atoms with Crippen molar-refractivity contribution in [3.63, 3.8) is 0 Å². The zero-order valence-corrected chi connectivity index (χ0v) is 14.0. The highest BCUT2D eigenvalue weighted by molar-refractivity contribution is 7.89. The van der Waals surface area contributed by atoms with Gasteiger partial charge in [-0.15, -0.1) is 0 Å². The van der Waals surface area contributed by atoms with E-state index in [1.165, 1.54) is 16.1 Å². The fourth-order valence-electron chi connectivity index (χ4n) is 2.61. The fraction of sp³-hybridized carbons (Fsp3) is 0.353. The fourth-order valence-corrected chi connectivity index (χ4v) is 4.08. The summed E-state index contributed by atoms with van der Waals surface area (Å²) in [6.07, 6.45) is 3.30. The molecule has 0 atom stereocenters. The lowest BCUT2D eigenvalue weighted by Crippen LogP contribution is -2.27. The summed E-state index contributed by atoms with van der Waals surface area (Å²) >= 11 is 0. The van der Waals surface area contributed by atoms with Crippen molar-refractivity contribution in [2.24, 2.45) is 0 Å². The van der Waals surface area contributed by atoms with Gasteiger partial charge in [-0.25, -0.2) is 13.4 Å². The molecule has 0 unspecified atom stereocenters. The number of anilines is 1. The molecule has 0 amide bonds. The number of sulfonamides is 1. The minimum atomic E-state index is -3.38. The van der Waals surface area contributed by atoms with Gasteiger partial charge in [0, 0.05) is 25.8 Å². The third-order valence-corrected chi connectivity index (χ3v) is 5.92. The van der Waals surface area contributed by atoms with Gasteiger partial charge in [0.05, 0.1) is 0 Å². The van der Waals surface area contributed by atoms with Crippen molar-refractivity contribution < 1.29 is 8.42 Å².